The van der Waals surface area contributed by atoms with Crippen LogP contribution >= 0.6 is 0 Å². The summed E-state index contributed by atoms with van der Waals surface area (Å²) in [6.07, 6.45) is 6.06. The minimum atomic E-state index is -2.02. The van der Waals surface area contributed by atoms with Gasteiger partial charge in [-0.25, -0.2) is 0 Å². The highest BCUT2D eigenvalue weighted by Crippen LogP contribution is 2.41. The Morgan fingerprint density at radius 3 is 2.44 bits per heavy atom. The van der Waals surface area contributed by atoms with Crippen molar-refractivity contribution in [2.24, 2.45) is 5.92 Å². The third kappa shape index (κ3) is 8.62. The number of aliphatic hydroxyl groups excluding tert-OH is 1. The molecule has 0 aromatic heterocycles. The first kappa shape index (κ1) is 31.4. The minimum Gasteiger partial charge on any atom is -0.414 e. The van der Waals surface area contributed by atoms with E-state index in [4.69, 9.17) is 23.4 Å². The number of rotatable bonds is 13. The van der Waals surface area contributed by atoms with E-state index in [1.807, 2.05) is 19.9 Å². The standard InChI is InChI=1S/C28H51NO6Si/c1-10-11-12-13-23(35-36(8,9)26(3,4)5)18-22(15-17-30)32-28(20-29)16-14-21(2)25(34-28)24-19-31-27(6,7)33-24/h10,21-25,30H,1,11-19H2,2-9H3/t21-,22+,23+,24-,25-,28?/m1/s1. The smallest absolute Gasteiger partial charge is 0.259 e. The fourth-order valence-corrected chi connectivity index (χ4v) is 6.13. The average molecular weight is 526 g/mol. The van der Waals surface area contributed by atoms with Crippen LogP contribution in [-0.2, 0) is 23.4 Å². The maximum absolute atomic E-state index is 10.2. The molecule has 0 amide bonds. The van der Waals surface area contributed by atoms with Crippen molar-refractivity contribution in [2.45, 2.75) is 141 Å². The molecule has 6 atom stereocenters. The van der Waals surface area contributed by atoms with Gasteiger partial charge in [-0.3, -0.25) is 0 Å². The van der Waals surface area contributed by atoms with Crippen LogP contribution < -0.4 is 0 Å². The molecule has 1 N–H and O–H groups in total. The molecule has 2 aliphatic rings. The van der Waals surface area contributed by atoms with Gasteiger partial charge >= 0.3 is 0 Å². The average Bonchev–Trinajstić information content (AvgIpc) is 3.14. The summed E-state index contributed by atoms with van der Waals surface area (Å²) in [4.78, 5) is 0. The first-order chi connectivity index (χ1) is 16.7. The highest BCUT2D eigenvalue weighted by molar-refractivity contribution is 6.74. The molecule has 36 heavy (non-hydrogen) atoms. The summed E-state index contributed by atoms with van der Waals surface area (Å²) in [7, 11) is -2.02. The zero-order valence-corrected chi connectivity index (χ0v) is 25.0. The molecule has 0 aromatic carbocycles. The van der Waals surface area contributed by atoms with Crippen molar-refractivity contribution >= 4 is 8.32 Å². The molecule has 0 saturated carbocycles. The molecular weight excluding hydrogens is 474 g/mol. The first-order valence-corrected chi connectivity index (χ1v) is 16.6. The predicted molar refractivity (Wildman–Crippen MR) is 144 cm³/mol. The molecular formula is C28H51NO6Si. The van der Waals surface area contributed by atoms with E-state index < -0.39 is 19.9 Å². The van der Waals surface area contributed by atoms with E-state index in [1.54, 1.807) is 0 Å². The lowest BCUT2D eigenvalue weighted by molar-refractivity contribution is -0.295. The van der Waals surface area contributed by atoms with Crippen molar-refractivity contribution in [3.8, 4) is 6.07 Å². The van der Waals surface area contributed by atoms with Gasteiger partial charge < -0.3 is 28.5 Å². The molecule has 1 unspecified atom stereocenters. The van der Waals surface area contributed by atoms with Crippen LogP contribution in [0.15, 0.2) is 12.7 Å². The Balaban J connectivity index is 2.19. The SMILES string of the molecule is C=CCCC[C@@H](C[C@H](CCO)OC1(C#N)CC[C@@H](C)[C@H]([C@H]2COC(C)(C)O2)O1)O[Si](C)(C)C(C)(C)C. The molecule has 208 valence electrons. The van der Waals surface area contributed by atoms with Gasteiger partial charge in [-0.15, -0.1) is 6.58 Å². The second kappa shape index (κ2) is 12.8. The molecule has 2 rings (SSSR count). The molecule has 0 aliphatic carbocycles. The van der Waals surface area contributed by atoms with Gasteiger partial charge in [0.25, 0.3) is 5.79 Å². The summed E-state index contributed by atoms with van der Waals surface area (Å²) in [5.74, 6) is -1.83. The summed E-state index contributed by atoms with van der Waals surface area (Å²) in [6, 6.07) is 2.33. The van der Waals surface area contributed by atoms with Crippen LogP contribution in [0.3, 0.4) is 0 Å². The Hall–Kier alpha value is -0.793. The van der Waals surface area contributed by atoms with Gasteiger partial charge in [0.1, 0.15) is 12.2 Å². The van der Waals surface area contributed by atoms with E-state index in [-0.39, 0.29) is 42.0 Å². The van der Waals surface area contributed by atoms with E-state index in [0.29, 0.717) is 25.9 Å². The highest BCUT2D eigenvalue weighted by atomic mass is 28.4. The summed E-state index contributed by atoms with van der Waals surface area (Å²) in [5, 5.41) is 20.2. The Morgan fingerprint density at radius 1 is 1.22 bits per heavy atom. The Labute approximate surface area is 220 Å². The number of hydrogen-bond donors (Lipinski definition) is 1. The van der Waals surface area contributed by atoms with Crippen LogP contribution in [0.2, 0.25) is 18.1 Å². The van der Waals surface area contributed by atoms with E-state index in [9.17, 15) is 10.4 Å². The predicted octanol–water partition coefficient (Wildman–Crippen LogP) is 6.08. The van der Waals surface area contributed by atoms with Gasteiger partial charge in [-0.05, 0) is 76.4 Å². The minimum absolute atomic E-state index is 0.0242. The molecule has 2 fully saturated rings. The molecule has 0 spiro atoms. The van der Waals surface area contributed by atoms with Gasteiger partial charge in [-0.2, -0.15) is 5.26 Å². The second-order valence-corrected chi connectivity index (χ2v) is 17.3. The number of nitrogens with zero attached hydrogens (tertiary/aromatic N) is 1. The number of ether oxygens (including phenoxy) is 4. The fourth-order valence-electron chi connectivity index (χ4n) is 4.73. The van der Waals surface area contributed by atoms with Gasteiger partial charge in [0, 0.05) is 19.1 Å². The maximum atomic E-state index is 10.2. The van der Waals surface area contributed by atoms with Crippen LogP contribution in [0, 0.1) is 17.2 Å². The van der Waals surface area contributed by atoms with E-state index in [1.165, 1.54) is 0 Å². The van der Waals surface area contributed by atoms with Crippen LogP contribution in [-0.4, -0.2) is 62.6 Å². The molecule has 2 aliphatic heterocycles. The number of nitriles is 1. The first-order valence-electron chi connectivity index (χ1n) is 13.7. The van der Waals surface area contributed by atoms with Gasteiger partial charge in [0.15, 0.2) is 14.1 Å². The highest BCUT2D eigenvalue weighted by Gasteiger charge is 2.49. The van der Waals surface area contributed by atoms with Gasteiger partial charge in [0.05, 0.1) is 18.8 Å². The van der Waals surface area contributed by atoms with Crippen molar-refractivity contribution < 1.29 is 28.5 Å². The molecule has 0 radical (unpaired) electrons. The largest absolute Gasteiger partial charge is 0.414 e. The third-order valence-corrected chi connectivity index (χ3v) is 12.5. The number of hydrogen-bond acceptors (Lipinski definition) is 7. The lowest BCUT2D eigenvalue weighted by Crippen LogP contribution is -2.52. The molecule has 8 heteroatoms. The molecule has 2 saturated heterocycles. The van der Waals surface area contributed by atoms with E-state index >= 15 is 0 Å². The van der Waals surface area contributed by atoms with Crippen molar-refractivity contribution in [3.63, 3.8) is 0 Å². The number of unbranched alkanes of at least 4 members (excludes halogenated alkanes) is 1. The topological polar surface area (TPSA) is 90.2 Å². The summed E-state index contributed by atoms with van der Waals surface area (Å²) >= 11 is 0. The van der Waals surface area contributed by atoms with Crippen molar-refractivity contribution in [1.29, 1.82) is 5.26 Å². The number of aliphatic hydroxyl groups is 1. The molecule has 2 heterocycles. The Bertz CT molecular complexity index is 745. The fraction of sp³-hybridized carbons (Fsp3) is 0.893. The Kier molecular flexibility index (Phi) is 11.2. The van der Waals surface area contributed by atoms with Crippen molar-refractivity contribution in [2.75, 3.05) is 13.2 Å². The quantitative estimate of drug-likeness (QED) is 0.177. The molecule has 7 nitrogen and oxygen atoms in total. The molecule has 0 bridgehead atoms. The third-order valence-electron chi connectivity index (χ3n) is 7.92. The summed E-state index contributed by atoms with van der Waals surface area (Å²) < 4.78 is 31.5. The maximum Gasteiger partial charge on any atom is 0.259 e. The van der Waals surface area contributed by atoms with Crippen LogP contribution in [0.5, 0.6) is 0 Å². The zero-order valence-electron chi connectivity index (χ0n) is 24.0. The lowest BCUT2D eigenvalue weighted by atomic mass is 9.89. The summed E-state index contributed by atoms with van der Waals surface area (Å²) in [5.41, 5.74) is 0. The van der Waals surface area contributed by atoms with Gasteiger partial charge in [0.2, 0.25) is 0 Å². The van der Waals surface area contributed by atoms with Crippen molar-refractivity contribution in [1.82, 2.24) is 0 Å². The van der Waals surface area contributed by atoms with E-state index in [0.717, 1.165) is 25.7 Å². The van der Waals surface area contributed by atoms with E-state index in [2.05, 4.69) is 53.4 Å². The van der Waals surface area contributed by atoms with Crippen LogP contribution in [0.4, 0.5) is 0 Å². The van der Waals surface area contributed by atoms with Crippen molar-refractivity contribution in [3.05, 3.63) is 12.7 Å². The van der Waals surface area contributed by atoms with Gasteiger partial charge in [-0.1, -0.05) is 33.8 Å². The second-order valence-electron chi connectivity index (χ2n) is 12.5. The summed E-state index contributed by atoms with van der Waals surface area (Å²) in [6.45, 7) is 21.4. The monoisotopic (exact) mass is 525 g/mol. The number of allylic oxidation sites excluding steroid dienone is 1. The lowest BCUT2D eigenvalue weighted by Gasteiger charge is -2.44. The molecule has 0 aromatic rings. The zero-order chi connectivity index (χ0) is 27.2. The van der Waals surface area contributed by atoms with Crippen LogP contribution in [0.1, 0.15) is 86.5 Å². The normalized spacial score (nSPS) is 30.5. The Morgan fingerprint density at radius 2 is 1.92 bits per heavy atom. The van der Waals surface area contributed by atoms with Crippen LogP contribution in [0.25, 0.3) is 0 Å².